The van der Waals surface area contributed by atoms with Gasteiger partial charge in [0, 0.05) is 32.7 Å². The molecule has 1 saturated heterocycles. The van der Waals surface area contributed by atoms with E-state index in [4.69, 9.17) is 0 Å². The maximum atomic E-state index is 2.55. The van der Waals surface area contributed by atoms with Gasteiger partial charge in [-0.3, -0.25) is 4.90 Å². The summed E-state index contributed by atoms with van der Waals surface area (Å²) < 4.78 is 0. The van der Waals surface area contributed by atoms with E-state index in [1.807, 2.05) is 0 Å². The number of benzene rings is 1. The number of piperazine rings is 1. The van der Waals surface area contributed by atoms with Gasteiger partial charge in [0.1, 0.15) is 0 Å². The molecular weight excluding hydrogens is 196 g/mol. The van der Waals surface area contributed by atoms with Gasteiger partial charge in [0.05, 0.1) is 0 Å². The second-order valence-electron chi connectivity index (χ2n) is 5.08. The molecule has 0 N–H and O–H groups in total. The quantitative estimate of drug-likeness (QED) is 0.749. The molecule has 1 aliphatic rings. The Morgan fingerprint density at radius 2 is 1.50 bits per heavy atom. The largest absolute Gasteiger partial charge is 0.304 e. The van der Waals surface area contributed by atoms with Crippen molar-refractivity contribution in [3.63, 3.8) is 0 Å². The summed E-state index contributed by atoms with van der Waals surface area (Å²) in [4.78, 5) is 4.95. The van der Waals surface area contributed by atoms with Crippen LogP contribution in [0.2, 0.25) is 0 Å². The molecule has 88 valence electrons. The summed E-state index contributed by atoms with van der Waals surface area (Å²) in [5.74, 6) is 0. The first-order valence-corrected chi connectivity index (χ1v) is 6.11. The van der Waals surface area contributed by atoms with Crippen molar-refractivity contribution >= 4 is 0 Å². The Balaban J connectivity index is 1.98. The van der Waals surface area contributed by atoms with Crippen LogP contribution in [-0.2, 0) is 6.54 Å². The molecule has 0 amide bonds. The minimum atomic E-state index is 1.11. The third-order valence-corrected chi connectivity index (χ3v) is 3.28. The van der Waals surface area contributed by atoms with Crippen molar-refractivity contribution in [2.75, 3.05) is 33.2 Å². The zero-order chi connectivity index (χ0) is 11.5. The highest BCUT2D eigenvalue weighted by molar-refractivity contribution is 5.28. The van der Waals surface area contributed by atoms with Gasteiger partial charge in [0.15, 0.2) is 0 Å². The third-order valence-electron chi connectivity index (χ3n) is 3.28. The first-order valence-electron chi connectivity index (χ1n) is 6.11. The van der Waals surface area contributed by atoms with E-state index in [0.29, 0.717) is 0 Å². The lowest BCUT2D eigenvalue weighted by molar-refractivity contribution is 0.148. The highest BCUT2D eigenvalue weighted by atomic mass is 15.2. The standard InChI is InChI=1S/C14H22N2/c1-12-8-13(2)10-14(9-12)11-16-6-4-15(3)5-7-16/h8-10H,4-7,11H2,1-3H3. The van der Waals surface area contributed by atoms with Gasteiger partial charge >= 0.3 is 0 Å². The maximum absolute atomic E-state index is 2.55. The Morgan fingerprint density at radius 1 is 0.938 bits per heavy atom. The van der Waals surface area contributed by atoms with E-state index in [0.717, 1.165) is 6.54 Å². The van der Waals surface area contributed by atoms with Crippen molar-refractivity contribution < 1.29 is 0 Å². The van der Waals surface area contributed by atoms with E-state index >= 15 is 0 Å². The molecule has 2 nitrogen and oxygen atoms in total. The molecule has 0 unspecified atom stereocenters. The molecule has 0 bridgehead atoms. The number of hydrogen-bond donors (Lipinski definition) is 0. The number of hydrogen-bond acceptors (Lipinski definition) is 2. The molecule has 0 aliphatic carbocycles. The first kappa shape index (κ1) is 11.6. The van der Waals surface area contributed by atoms with Gasteiger partial charge in [-0.25, -0.2) is 0 Å². The van der Waals surface area contributed by atoms with Crippen LogP contribution in [0.1, 0.15) is 16.7 Å². The van der Waals surface area contributed by atoms with Crippen molar-refractivity contribution in [2.24, 2.45) is 0 Å². The SMILES string of the molecule is Cc1cc(C)cc(CN2CCN(C)CC2)c1. The summed E-state index contributed by atoms with van der Waals surface area (Å²) in [6.45, 7) is 10.3. The third kappa shape index (κ3) is 3.06. The Hall–Kier alpha value is -0.860. The molecule has 0 aromatic heterocycles. The average molecular weight is 218 g/mol. The highest BCUT2D eigenvalue weighted by Gasteiger charge is 2.13. The number of nitrogens with zero attached hydrogens (tertiary/aromatic N) is 2. The zero-order valence-electron chi connectivity index (χ0n) is 10.7. The lowest BCUT2D eigenvalue weighted by Gasteiger charge is -2.32. The Labute approximate surface area is 98.9 Å². The van der Waals surface area contributed by atoms with Gasteiger partial charge in [0.25, 0.3) is 0 Å². The van der Waals surface area contributed by atoms with Gasteiger partial charge in [-0.05, 0) is 26.5 Å². The average Bonchev–Trinajstić information content (AvgIpc) is 2.20. The zero-order valence-corrected chi connectivity index (χ0v) is 10.7. The molecule has 1 heterocycles. The van der Waals surface area contributed by atoms with Crippen molar-refractivity contribution in [1.29, 1.82) is 0 Å². The maximum Gasteiger partial charge on any atom is 0.0235 e. The Kier molecular flexibility index (Phi) is 3.62. The van der Waals surface area contributed by atoms with Crippen LogP contribution in [0, 0.1) is 13.8 Å². The summed E-state index contributed by atoms with van der Waals surface area (Å²) in [5, 5.41) is 0. The van der Waals surface area contributed by atoms with E-state index in [2.05, 4.69) is 48.9 Å². The summed E-state index contributed by atoms with van der Waals surface area (Å²) in [6, 6.07) is 6.87. The van der Waals surface area contributed by atoms with E-state index in [-0.39, 0.29) is 0 Å². The minimum Gasteiger partial charge on any atom is -0.304 e. The number of rotatable bonds is 2. The minimum absolute atomic E-state index is 1.11. The van der Waals surface area contributed by atoms with Crippen molar-refractivity contribution in [1.82, 2.24) is 9.80 Å². The van der Waals surface area contributed by atoms with Gasteiger partial charge in [0.2, 0.25) is 0 Å². The Morgan fingerprint density at radius 3 is 2.06 bits per heavy atom. The van der Waals surface area contributed by atoms with Crippen LogP contribution in [0.5, 0.6) is 0 Å². The molecule has 0 atom stereocenters. The van der Waals surface area contributed by atoms with Gasteiger partial charge in [-0.15, -0.1) is 0 Å². The molecule has 0 saturated carbocycles. The van der Waals surface area contributed by atoms with E-state index in [1.54, 1.807) is 0 Å². The van der Waals surface area contributed by atoms with Crippen LogP contribution < -0.4 is 0 Å². The van der Waals surface area contributed by atoms with E-state index < -0.39 is 0 Å². The second kappa shape index (κ2) is 4.98. The summed E-state index contributed by atoms with van der Waals surface area (Å²) in [5.41, 5.74) is 4.22. The predicted molar refractivity (Wildman–Crippen MR) is 68.7 cm³/mol. The molecule has 0 radical (unpaired) electrons. The van der Waals surface area contributed by atoms with E-state index in [1.165, 1.54) is 42.9 Å². The summed E-state index contributed by atoms with van der Waals surface area (Å²) in [6.07, 6.45) is 0. The fraction of sp³-hybridized carbons (Fsp3) is 0.571. The first-order chi connectivity index (χ1) is 7.63. The van der Waals surface area contributed by atoms with Crippen LogP contribution in [-0.4, -0.2) is 43.0 Å². The van der Waals surface area contributed by atoms with Crippen LogP contribution in [0.15, 0.2) is 18.2 Å². The molecule has 16 heavy (non-hydrogen) atoms. The van der Waals surface area contributed by atoms with E-state index in [9.17, 15) is 0 Å². The second-order valence-corrected chi connectivity index (χ2v) is 5.08. The topological polar surface area (TPSA) is 6.48 Å². The number of aryl methyl sites for hydroxylation is 2. The van der Waals surface area contributed by atoms with Gasteiger partial charge in [-0.2, -0.15) is 0 Å². The molecule has 0 spiro atoms. The smallest absolute Gasteiger partial charge is 0.0235 e. The molecule has 1 aromatic carbocycles. The summed E-state index contributed by atoms with van der Waals surface area (Å²) in [7, 11) is 2.20. The highest BCUT2D eigenvalue weighted by Crippen LogP contribution is 2.12. The molecule has 1 fully saturated rings. The normalized spacial score (nSPS) is 18.9. The van der Waals surface area contributed by atoms with Crippen LogP contribution >= 0.6 is 0 Å². The van der Waals surface area contributed by atoms with Gasteiger partial charge < -0.3 is 4.90 Å². The van der Waals surface area contributed by atoms with Crippen molar-refractivity contribution in [3.05, 3.63) is 34.9 Å². The molecule has 1 aliphatic heterocycles. The monoisotopic (exact) mass is 218 g/mol. The fourth-order valence-electron chi connectivity index (χ4n) is 2.42. The lowest BCUT2D eigenvalue weighted by atomic mass is 10.1. The number of likely N-dealkylation sites (N-methyl/N-ethyl adjacent to an activating group) is 1. The molecule has 2 rings (SSSR count). The molecule has 2 heteroatoms. The van der Waals surface area contributed by atoms with Gasteiger partial charge in [-0.1, -0.05) is 29.3 Å². The predicted octanol–water partition coefficient (Wildman–Crippen LogP) is 2.05. The van der Waals surface area contributed by atoms with Crippen LogP contribution in [0.4, 0.5) is 0 Å². The molecular formula is C14H22N2. The van der Waals surface area contributed by atoms with Crippen molar-refractivity contribution in [2.45, 2.75) is 20.4 Å². The molecule has 1 aromatic rings. The fourth-order valence-corrected chi connectivity index (χ4v) is 2.42. The van der Waals surface area contributed by atoms with Crippen LogP contribution in [0.25, 0.3) is 0 Å². The Bertz CT molecular complexity index is 332. The van der Waals surface area contributed by atoms with Crippen LogP contribution in [0.3, 0.4) is 0 Å². The summed E-state index contributed by atoms with van der Waals surface area (Å²) >= 11 is 0. The lowest BCUT2D eigenvalue weighted by Crippen LogP contribution is -2.43. The van der Waals surface area contributed by atoms with Crippen molar-refractivity contribution in [3.8, 4) is 0 Å².